The van der Waals surface area contributed by atoms with Crippen LogP contribution in [0.2, 0.25) is 0 Å². The number of hydrazine groups is 1. The third kappa shape index (κ3) is 4.31. The Morgan fingerprint density at radius 2 is 2.11 bits per heavy atom. The summed E-state index contributed by atoms with van der Waals surface area (Å²) in [6.45, 7) is 6.33. The van der Waals surface area contributed by atoms with Crippen molar-refractivity contribution in [2.45, 2.75) is 69.2 Å². The zero-order chi connectivity index (χ0) is 23.9. The Hall–Kier alpha value is -2.26. The van der Waals surface area contributed by atoms with Gasteiger partial charge in [-0.25, -0.2) is 14.8 Å². The maximum absolute atomic E-state index is 15.9. The fraction of sp³-hybridized carbons (Fsp3) is 0.593. The molecule has 6 unspecified atom stereocenters. The Bertz CT molecular complexity index is 1080. The SMILES string of the molecule is CCc1cc(O)ccc1C1CCC2C(c3ncc(C4=CCCN(C5CCNC5)C4)[nH]3)NNC2C1F. The molecule has 1 saturated carbocycles. The smallest absolute Gasteiger partial charge is 0.125 e. The molecule has 2 saturated heterocycles. The van der Waals surface area contributed by atoms with Gasteiger partial charge in [-0.15, -0.1) is 0 Å². The van der Waals surface area contributed by atoms with Crippen LogP contribution in [-0.2, 0) is 6.42 Å². The van der Waals surface area contributed by atoms with E-state index in [0.717, 1.165) is 74.5 Å². The topological polar surface area (TPSA) is 88.2 Å². The summed E-state index contributed by atoms with van der Waals surface area (Å²) in [5.41, 5.74) is 11.1. The molecule has 0 radical (unpaired) electrons. The number of halogens is 1. The fourth-order valence-corrected chi connectivity index (χ4v) is 6.79. The first-order valence-corrected chi connectivity index (χ1v) is 13.3. The molecule has 6 rings (SSSR count). The van der Waals surface area contributed by atoms with E-state index in [9.17, 15) is 5.11 Å². The lowest BCUT2D eigenvalue weighted by Crippen LogP contribution is -2.45. The van der Waals surface area contributed by atoms with Crippen LogP contribution in [0.25, 0.3) is 5.57 Å². The first-order chi connectivity index (χ1) is 17.1. The first kappa shape index (κ1) is 23.2. The Kier molecular flexibility index (Phi) is 6.39. The van der Waals surface area contributed by atoms with Crippen molar-refractivity contribution in [2.75, 3.05) is 26.2 Å². The van der Waals surface area contributed by atoms with Crippen molar-refractivity contribution in [2.24, 2.45) is 5.92 Å². The number of phenolic OH excluding ortho intramolecular Hbond substituents is 1. The highest BCUT2D eigenvalue weighted by Gasteiger charge is 2.48. The quantitative estimate of drug-likeness (QED) is 0.452. The molecule has 0 bridgehead atoms. The van der Waals surface area contributed by atoms with Crippen molar-refractivity contribution in [3.8, 4) is 5.75 Å². The Morgan fingerprint density at radius 3 is 2.94 bits per heavy atom. The molecule has 4 heterocycles. The number of aryl methyl sites for hydroxylation is 1. The maximum atomic E-state index is 15.9. The number of hydrogen-bond donors (Lipinski definition) is 5. The number of phenols is 1. The average molecular weight is 481 g/mol. The third-order valence-electron chi connectivity index (χ3n) is 8.71. The summed E-state index contributed by atoms with van der Waals surface area (Å²) < 4.78 is 15.9. The zero-order valence-corrected chi connectivity index (χ0v) is 20.4. The summed E-state index contributed by atoms with van der Waals surface area (Å²) in [6, 6.07) is 5.72. The highest BCUT2D eigenvalue weighted by molar-refractivity contribution is 5.64. The number of aromatic nitrogens is 2. The number of benzene rings is 1. The minimum Gasteiger partial charge on any atom is -0.508 e. The van der Waals surface area contributed by atoms with Crippen LogP contribution in [0.4, 0.5) is 4.39 Å². The van der Waals surface area contributed by atoms with Crippen molar-refractivity contribution < 1.29 is 9.50 Å². The number of alkyl halides is 1. The molecule has 3 fully saturated rings. The molecule has 6 atom stereocenters. The van der Waals surface area contributed by atoms with Gasteiger partial charge in [-0.1, -0.05) is 19.1 Å². The Balaban J connectivity index is 1.16. The van der Waals surface area contributed by atoms with E-state index >= 15 is 4.39 Å². The van der Waals surface area contributed by atoms with Gasteiger partial charge in [0.25, 0.3) is 0 Å². The lowest BCUT2D eigenvalue weighted by atomic mass is 9.71. The lowest BCUT2D eigenvalue weighted by molar-refractivity contribution is 0.135. The molecule has 1 aliphatic carbocycles. The third-order valence-corrected chi connectivity index (χ3v) is 8.71. The second kappa shape index (κ2) is 9.65. The maximum Gasteiger partial charge on any atom is 0.125 e. The summed E-state index contributed by atoms with van der Waals surface area (Å²) in [7, 11) is 0. The molecule has 4 aliphatic rings. The molecular formula is C27H37FN6O. The van der Waals surface area contributed by atoms with Crippen molar-refractivity contribution >= 4 is 5.57 Å². The van der Waals surface area contributed by atoms with E-state index in [1.165, 1.54) is 12.0 Å². The van der Waals surface area contributed by atoms with Gasteiger partial charge in [0.2, 0.25) is 0 Å². The molecule has 5 N–H and O–H groups in total. The van der Waals surface area contributed by atoms with E-state index in [0.29, 0.717) is 6.04 Å². The number of fused-ring (bicyclic) bond motifs is 1. The van der Waals surface area contributed by atoms with E-state index in [1.54, 1.807) is 12.1 Å². The molecule has 35 heavy (non-hydrogen) atoms. The molecule has 7 nitrogen and oxygen atoms in total. The highest BCUT2D eigenvalue weighted by atomic mass is 19.1. The summed E-state index contributed by atoms with van der Waals surface area (Å²) in [5, 5.41) is 13.4. The number of hydrogen-bond acceptors (Lipinski definition) is 6. The number of nitrogens with zero attached hydrogens (tertiary/aromatic N) is 2. The fourth-order valence-electron chi connectivity index (χ4n) is 6.79. The summed E-state index contributed by atoms with van der Waals surface area (Å²) in [5.74, 6) is 1.13. The van der Waals surface area contributed by atoms with Crippen LogP contribution in [-0.4, -0.2) is 64.4 Å². The zero-order valence-electron chi connectivity index (χ0n) is 20.4. The van der Waals surface area contributed by atoms with E-state index in [2.05, 4.69) is 39.1 Å². The second-order valence-electron chi connectivity index (χ2n) is 10.6. The minimum absolute atomic E-state index is 0.0299. The van der Waals surface area contributed by atoms with Gasteiger partial charge in [0.05, 0.1) is 24.0 Å². The van der Waals surface area contributed by atoms with Crippen molar-refractivity contribution in [3.63, 3.8) is 0 Å². The van der Waals surface area contributed by atoms with Gasteiger partial charge in [0.15, 0.2) is 0 Å². The van der Waals surface area contributed by atoms with Gasteiger partial charge in [-0.2, -0.15) is 0 Å². The van der Waals surface area contributed by atoms with Gasteiger partial charge < -0.3 is 15.4 Å². The Morgan fingerprint density at radius 1 is 1.20 bits per heavy atom. The van der Waals surface area contributed by atoms with Crippen LogP contribution < -0.4 is 16.2 Å². The highest BCUT2D eigenvalue weighted by Crippen LogP contribution is 2.45. The monoisotopic (exact) mass is 480 g/mol. The van der Waals surface area contributed by atoms with Crippen LogP contribution in [0, 0.1) is 5.92 Å². The predicted octanol–water partition coefficient (Wildman–Crippen LogP) is 3.18. The number of aromatic amines is 1. The predicted molar refractivity (Wildman–Crippen MR) is 135 cm³/mol. The summed E-state index contributed by atoms with van der Waals surface area (Å²) in [6.07, 6.45) is 8.09. The second-order valence-corrected chi connectivity index (χ2v) is 10.6. The van der Waals surface area contributed by atoms with E-state index in [-0.39, 0.29) is 29.7 Å². The van der Waals surface area contributed by atoms with Crippen molar-refractivity contribution in [1.29, 1.82) is 0 Å². The number of nitrogens with one attached hydrogen (secondary N) is 4. The van der Waals surface area contributed by atoms with Crippen molar-refractivity contribution in [1.82, 2.24) is 31.0 Å². The number of rotatable bonds is 5. The van der Waals surface area contributed by atoms with Crippen LogP contribution >= 0.6 is 0 Å². The summed E-state index contributed by atoms with van der Waals surface area (Å²) >= 11 is 0. The van der Waals surface area contributed by atoms with Gasteiger partial charge in [0, 0.05) is 37.5 Å². The summed E-state index contributed by atoms with van der Waals surface area (Å²) in [4.78, 5) is 10.9. The number of imidazole rings is 1. The van der Waals surface area contributed by atoms with Gasteiger partial charge in [-0.05, 0) is 67.5 Å². The average Bonchev–Trinajstić information content (AvgIpc) is 3.65. The molecule has 3 aliphatic heterocycles. The van der Waals surface area contributed by atoms with Gasteiger partial charge >= 0.3 is 0 Å². The molecule has 0 amide bonds. The van der Waals surface area contributed by atoms with Crippen LogP contribution in [0.3, 0.4) is 0 Å². The molecule has 1 aromatic carbocycles. The molecule has 1 aromatic heterocycles. The van der Waals surface area contributed by atoms with E-state index in [1.807, 2.05) is 12.3 Å². The van der Waals surface area contributed by atoms with Crippen LogP contribution in [0.15, 0.2) is 30.5 Å². The normalized spacial score (nSPS) is 33.6. The van der Waals surface area contributed by atoms with Crippen LogP contribution in [0.1, 0.15) is 67.2 Å². The van der Waals surface area contributed by atoms with E-state index < -0.39 is 6.17 Å². The molecule has 8 heteroatoms. The van der Waals surface area contributed by atoms with Crippen molar-refractivity contribution in [3.05, 3.63) is 53.1 Å². The molecule has 0 spiro atoms. The van der Waals surface area contributed by atoms with Gasteiger partial charge in [0.1, 0.15) is 17.7 Å². The minimum atomic E-state index is -0.995. The molecule has 188 valence electrons. The lowest BCUT2D eigenvalue weighted by Gasteiger charge is -2.36. The molecular weight excluding hydrogens is 443 g/mol. The molecule has 2 aromatic rings. The van der Waals surface area contributed by atoms with E-state index in [4.69, 9.17) is 4.98 Å². The number of H-pyrrole nitrogens is 1. The Labute approximate surface area is 206 Å². The first-order valence-electron chi connectivity index (χ1n) is 13.3. The van der Waals surface area contributed by atoms with Crippen LogP contribution in [0.5, 0.6) is 5.75 Å². The van der Waals surface area contributed by atoms with Gasteiger partial charge in [-0.3, -0.25) is 10.3 Å². The largest absolute Gasteiger partial charge is 0.508 e. The standard InChI is InChI=1S/C27H37FN6O/c1-2-16-12-19(35)5-6-20(16)21-7-8-22-25(24(21)28)32-33-26(22)27-30-14-23(31-27)17-4-3-11-34(15-17)18-9-10-29-13-18/h4-6,12,14,18,21-22,24-26,29,32-33,35H,2-3,7-11,13,15H2,1H3,(H,30,31). The number of aromatic hydroxyl groups is 1.